The van der Waals surface area contributed by atoms with Gasteiger partial charge >= 0.3 is 0 Å². The monoisotopic (exact) mass is 655 g/mol. The second-order valence-electron chi connectivity index (χ2n) is 12.5. The van der Waals surface area contributed by atoms with E-state index in [1.165, 1.54) is 0 Å². The fraction of sp³-hybridized carbons (Fsp3) is 0.186. The van der Waals surface area contributed by atoms with E-state index in [2.05, 4.69) is 73.6 Å². The van der Waals surface area contributed by atoms with Crippen molar-refractivity contribution in [2.24, 2.45) is 0 Å². The Labute approximate surface area is 292 Å². The maximum atomic E-state index is 12.5. The second-order valence-corrected chi connectivity index (χ2v) is 12.5. The molecule has 0 aliphatic heterocycles. The third-order valence-corrected chi connectivity index (χ3v) is 10.2. The van der Waals surface area contributed by atoms with Crippen molar-refractivity contribution in [3.63, 3.8) is 0 Å². The standard InChI is InChI=1S/C43H38N6O/c1-5-48(6-2)41-28-17-11-9-15-26(28)35(27-16-10-12-18-29(27)41)39-34(25(23-44)24-45)40(43(39)50)38-36-30(19-13-21-32(36)46)42(49(7-3)8-4)31-20-14-22-33(47)37(31)38/h9-22H,5-8,46-47H2,1-4H3/p+1. The van der Waals surface area contributed by atoms with Crippen LogP contribution in [0.25, 0.3) is 32.7 Å². The quantitative estimate of drug-likeness (QED) is 0.0717. The second kappa shape index (κ2) is 12.6. The number of nitriles is 2. The predicted octanol–water partition coefficient (Wildman–Crippen LogP) is 8.34. The largest absolute Gasteiger partial charge is 0.507 e. The van der Waals surface area contributed by atoms with Gasteiger partial charge in [-0.2, -0.15) is 10.5 Å². The van der Waals surface area contributed by atoms with Crippen molar-refractivity contribution >= 4 is 55.5 Å². The molecule has 0 radical (unpaired) electrons. The fourth-order valence-electron chi connectivity index (χ4n) is 8.05. The summed E-state index contributed by atoms with van der Waals surface area (Å²) >= 11 is 0. The predicted molar refractivity (Wildman–Crippen MR) is 205 cm³/mol. The van der Waals surface area contributed by atoms with Gasteiger partial charge in [-0.25, -0.2) is 4.58 Å². The number of nitrogens with two attached hydrogens (primary N) is 2. The Hall–Kier alpha value is -6.31. The summed E-state index contributed by atoms with van der Waals surface area (Å²) in [5.41, 5.74) is 23.3. The van der Waals surface area contributed by atoms with Crippen LogP contribution in [-0.2, 0) is 0 Å². The van der Waals surface area contributed by atoms with Crippen LogP contribution in [0, 0.1) is 22.7 Å². The first-order valence-corrected chi connectivity index (χ1v) is 17.2. The van der Waals surface area contributed by atoms with Crippen LogP contribution >= 0.6 is 0 Å². The van der Waals surface area contributed by atoms with Gasteiger partial charge in [0, 0.05) is 73.9 Å². The van der Waals surface area contributed by atoms with Gasteiger partial charge in [0.25, 0.3) is 0 Å². The molecule has 7 nitrogen and oxygen atoms in total. The fourth-order valence-corrected chi connectivity index (χ4v) is 8.05. The van der Waals surface area contributed by atoms with Gasteiger partial charge in [0.2, 0.25) is 5.71 Å². The summed E-state index contributed by atoms with van der Waals surface area (Å²) in [6, 6.07) is 32.3. The summed E-state index contributed by atoms with van der Waals surface area (Å²) in [6.07, 6.45) is 0. The van der Waals surface area contributed by atoms with E-state index in [4.69, 9.17) is 11.5 Å². The van der Waals surface area contributed by atoms with E-state index in [9.17, 15) is 15.6 Å². The molecular formula is C43H39N6O+. The highest BCUT2D eigenvalue weighted by atomic mass is 16.3. The SMILES string of the molecule is CCN(CC)c1c2cccc(N)c2c(C2=C(O)C(=C3c4ccccc4C(=[N+](CC)CC)c4ccccc43)C2=C(C#N)C#N)c2c(N)cccc12. The van der Waals surface area contributed by atoms with Gasteiger partial charge < -0.3 is 21.5 Å². The summed E-state index contributed by atoms with van der Waals surface area (Å²) in [5, 5.41) is 36.8. The van der Waals surface area contributed by atoms with Crippen LogP contribution in [0.3, 0.4) is 0 Å². The van der Waals surface area contributed by atoms with Crippen molar-refractivity contribution in [3.05, 3.63) is 135 Å². The minimum Gasteiger partial charge on any atom is -0.507 e. The Morgan fingerprint density at radius 2 is 1.14 bits per heavy atom. The third-order valence-electron chi connectivity index (χ3n) is 10.2. The Morgan fingerprint density at radius 1 is 0.660 bits per heavy atom. The van der Waals surface area contributed by atoms with Gasteiger partial charge in [0.05, 0.1) is 16.8 Å². The van der Waals surface area contributed by atoms with Gasteiger partial charge in [0.1, 0.15) is 36.6 Å². The van der Waals surface area contributed by atoms with Gasteiger partial charge in [-0.15, -0.1) is 0 Å². The van der Waals surface area contributed by atoms with Crippen LogP contribution in [0.2, 0.25) is 0 Å². The molecule has 0 saturated carbocycles. The summed E-state index contributed by atoms with van der Waals surface area (Å²) in [6.45, 7) is 11.7. The third kappa shape index (κ3) is 4.51. The number of anilines is 3. The number of aliphatic hydroxyl groups is 1. The Balaban J connectivity index is 1.70. The number of allylic oxidation sites excluding steroid dienone is 3. The Bertz CT molecular complexity index is 2340. The van der Waals surface area contributed by atoms with Crippen molar-refractivity contribution in [2.45, 2.75) is 27.7 Å². The minimum absolute atomic E-state index is 0.00131. The van der Waals surface area contributed by atoms with Crippen LogP contribution in [0.1, 0.15) is 55.5 Å². The molecule has 2 aliphatic rings. The first kappa shape index (κ1) is 32.2. The van der Waals surface area contributed by atoms with E-state index >= 15 is 0 Å². The molecule has 246 valence electrons. The lowest BCUT2D eigenvalue weighted by Gasteiger charge is -2.35. The number of aliphatic hydroxyl groups excluding tert-OH is 1. The maximum absolute atomic E-state index is 12.5. The molecule has 5 aromatic rings. The van der Waals surface area contributed by atoms with E-state index in [0.717, 1.165) is 86.9 Å². The number of nitrogen functional groups attached to an aromatic ring is 2. The normalized spacial score (nSPS) is 13.5. The van der Waals surface area contributed by atoms with Crippen LogP contribution in [0.4, 0.5) is 17.1 Å². The molecule has 0 saturated heterocycles. The van der Waals surface area contributed by atoms with Gasteiger partial charge in [0.15, 0.2) is 0 Å². The van der Waals surface area contributed by atoms with E-state index in [0.29, 0.717) is 33.7 Å². The molecule has 50 heavy (non-hydrogen) atoms. The van der Waals surface area contributed by atoms with Crippen molar-refractivity contribution in [1.29, 1.82) is 10.5 Å². The first-order valence-electron chi connectivity index (χ1n) is 17.2. The summed E-state index contributed by atoms with van der Waals surface area (Å²) < 4.78 is 2.34. The zero-order valence-corrected chi connectivity index (χ0v) is 28.8. The average Bonchev–Trinajstić information content (AvgIpc) is 3.14. The highest BCUT2D eigenvalue weighted by Crippen LogP contribution is 2.57. The molecule has 0 fully saturated rings. The molecule has 0 aromatic heterocycles. The maximum Gasteiger partial charge on any atom is 0.215 e. The molecule has 0 heterocycles. The van der Waals surface area contributed by atoms with Crippen LogP contribution in [0.5, 0.6) is 0 Å². The number of fused-ring (bicyclic) bond motifs is 4. The molecule has 5 aromatic carbocycles. The zero-order chi connectivity index (χ0) is 35.3. The molecule has 0 bridgehead atoms. The van der Waals surface area contributed by atoms with Crippen LogP contribution in [0.15, 0.2) is 107 Å². The topological polar surface area (TPSA) is 126 Å². The highest BCUT2D eigenvalue weighted by Gasteiger charge is 2.42. The summed E-state index contributed by atoms with van der Waals surface area (Å²) in [7, 11) is 0. The molecule has 0 unspecified atom stereocenters. The van der Waals surface area contributed by atoms with Crippen molar-refractivity contribution < 1.29 is 9.68 Å². The molecule has 0 spiro atoms. The summed E-state index contributed by atoms with van der Waals surface area (Å²) in [5.74, 6) is -0.00131. The lowest BCUT2D eigenvalue weighted by atomic mass is 9.68. The van der Waals surface area contributed by atoms with E-state index in [1.54, 1.807) is 0 Å². The average molecular weight is 656 g/mol. The molecule has 2 aliphatic carbocycles. The lowest BCUT2D eigenvalue weighted by molar-refractivity contribution is -0.519. The van der Waals surface area contributed by atoms with Crippen LogP contribution < -0.4 is 16.4 Å². The first-order chi connectivity index (χ1) is 24.4. The number of nitrogens with zero attached hydrogens (tertiary/aromatic N) is 4. The number of rotatable bonds is 6. The van der Waals surface area contributed by atoms with Crippen molar-refractivity contribution in [2.75, 3.05) is 42.5 Å². The lowest BCUT2D eigenvalue weighted by Crippen LogP contribution is -2.29. The molecule has 7 heteroatoms. The smallest absolute Gasteiger partial charge is 0.215 e. The van der Waals surface area contributed by atoms with E-state index < -0.39 is 0 Å². The Morgan fingerprint density at radius 3 is 1.58 bits per heavy atom. The van der Waals surface area contributed by atoms with E-state index in [-0.39, 0.29) is 11.3 Å². The molecule has 0 amide bonds. The van der Waals surface area contributed by atoms with Gasteiger partial charge in [-0.05, 0) is 63.1 Å². The Kier molecular flexibility index (Phi) is 8.14. The molecular weight excluding hydrogens is 617 g/mol. The molecule has 7 rings (SSSR count). The zero-order valence-electron chi connectivity index (χ0n) is 28.8. The van der Waals surface area contributed by atoms with Crippen molar-refractivity contribution in [3.8, 4) is 12.1 Å². The molecule has 0 atom stereocenters. The van der Waals surface area contributed by atoms with Gasteiger partial charge in [-0.1, -0.05) is 60.7 Å². The number of benzene rings is 5. The number of hydrogen-bond acceptors (Lipinski definition) is 6. The highest BCUT2D eigenvalue weighted by molar-refractivity contribution is 6.28. The van der Waals surface area contributed by atoms with Gasteiger partial charge in [-0.3, -0.25) is 0 Å². The minimum atomic E-state index is -0.0908. The molecule has 5 N–H and O–H groups in total. The van der Waals surface area contributed by atoms with Crippen molar-refractivity contribution in [1.82, 2.24) is 0 Å². The number of hydrogen-bond donors (Lipinski definition) is 3. The van der Waals surface area contributed by atoms with Crippen LogP contribution in [-0.4, -0.2) is 41.6 Å². The summed E-state index contributed by atoms with van der Waals surface area (Å²) in [4.78, 5) is 2.28. The van der Waals surface area contributed by atoms with E-state index in [1.807, 2.05) is 60.7 Å².